The Morgan fingerprint density at radius 1 is 1.12 bits per heavy atom. The molecule has 1 aromatic carbocycles. The Morgan fingerprint density at radius 3 is 2.08 bits per heavy atom. The van der Waals surface area contributed by atoms with Crippen LogP contribution in [-0.4, -0.2) is 49.8 Å². The minimum atomic E-state index is -0.0200. The molecule has 0 spiro atoms. The van der Waals surface area contributed by atoms with E-state index < -0.39 is 0 Å². The van der Waals surface area contributed by atoms with Crippen LogP contribution in [0.25, 0.3) is 0 Å². The predicted molar refractivity (Wildman–Crippen MR) is 105 cm³/mol. The van der Waals surface area contributed by atoms with Crippen molar-refractivity contribution in [2.45, 2.75) is 40.2 Å². The first-order valence-electron chi connectivity index (χ1n) is 9.13. The Morgan fingerprint density at radius 2 is 1.65 bits per heavy atom. The van der Waals surface area contributed by atoms with Crippen LogP contribution in [0, 0.1) is 5.92 Å². The Kier molecular flexibility index (Phi) is 9.02. The average molecular weight is 387 g/mol. The van der Waals surface area contributed by atoms with Crippen LogP contribution >= 0.6 is 12.4 Å². The highest BCUT2D eigenvalue weighted by molar-refractivity contribution is 5.96. The second-order valence-electron chi connectivity index (χ2n) is 6.24. The van der Waals surface area contributed by atoms with E-state index >= 15 is 0 Å². The zero-order valence-corrected chi connectivity index (χ0v) is 16.9. The highest BCUT2D eigenvalue weighted by atomic mass is 35.5. The van der Waals surface area contributed by atoms with Crippen molar-refractivity contribution in [3.8, 4) is 17.2 Å². The van der Waals surface area contributed by atoms with Crippen molar-refractivity contribution in [1.29, 1.82) is 0 Å². The summed E-state index contributed by atoms with van der Waals surface area (Å²) in [5.41, 5.74) is 6.34. The van der Waals surface area contributed by atoms with Crippen LogP contribution in [0.1, 0.15) is 44.5 Å². The molecule has 1 fully saturated rings. The lowest BCUT2D eigenvalue weighted by Gasteiger charge is -2.23. The molecule has 26 heavy (non-hydrogen) atoms. The van der Waals surface area contributed by atoms with Crippen LogP contribution in [0.2, 0.25) is 0 Å². The molecule has 1 amide bonds. The summed E-state index contributed by atoms with van der Waals surface area (Å²) in [7, 11) is 0. The maximum absolute atomic E-state index is 13.0. The molecule has 0 aromatic heterocycles. The van der Waals surface area contributed by atoms with Gasteiger partial charge in [-0.2, -0.15) is 0 Å². The van der Waals surface area contributed by atoms with Gasteiger partial charge in [0, 0.05) is 18.2 Å². The van der Waals surface area contributed by atoms with Gasteiger partial charge >= 0.3 is 0 Å². The van der Waals surface area contributed by atoms with E-state index in [0.717, 1.165) is 6.42 Å². The van der Waals surface area contributed by atoms with Crippen molar-refractivity contribution in [2.75, 3.05) is 32.9 Å². The first kappa shape index (κ1) is 22.4. The number of benzene rings is 1. The van der Waals surface area contributed by atoms with E-state index in [4.69, 9.17) is 19.9 Å². The van der Waals surface area contributed by atoms with Gasteiger partial charge < -0.3 is 24.8 Å². The van der Waals surface area contributed by atoms with Gasteiger partial charge in [0.2, 0.25) is 5.75 Å². The first-order valence-corrected chi connectivity index (χ1v) is 9.13. The quantitative estimate of drug-likeness (QED) is 0.743. The molecule has 6 nitrogen and oxygen atoms in total. The molecule has 2 N–H and O–H groups in total. The lowest BCUT2D eigenvalue weighted by atomic mass is 10.1. The van der Waals surface area contributed by atoms with Crippen LogP contribution in [0.3, 0.4) is 0 Å². The van der Waals surface area contributed by atoms with Crippen LogP contribution in [0.15, 0.2) is 12.1 Å². The van der Waals surface area contributed by atoms with Crippen molar-refractivity contribution in [3.05, 3.63) is 17.7 Å². The lowest BCUT2D eigenvalue weighted by Crippen LogP contribution is -2.34. The average Bonchev–Trinajstić information content (AvgIpc) is 2.98. The third-order valence-electron chi connectivity index (χ3n) is 4.41. The van der Waals surface area contributed by atoms with E-state index in [0.29, 0.717) is 61.6 Å². The Hall–Kier alpha value is -1.66. The Labute approximate surface area is 162 Å². The van der Waals surface area contributed by atoms with E-state index in [1.54, 1.807) is 12.1 Å². The Bertz CT molecular complexity index is 570. The van der Waals surface area contributed by atoms with Gasteiger partial charge in [0.1, 0.15) is 0 Å². The molecule has 2 atom stereocenters. The number of halogens is 1. The topological polar surface area (TPSA) is 74.0 Å². The minimum Gasteiger partial charge on any atom is -0.490 e. The molecule has 1 heterocycles. The number of ether oxygens (including phenoxy) is 3. The van der Waals surface area contributed by atoms with Crippen LogP contribution in [0.5, 0.6) is 17.2 Å². The normalized spacial score (nSPS) is 19.0. The number of amides is 1. The third-order valence-corrected chi connectivity index (χ3v) is 4.41. The van der Waals surface area contributed by atoms with Gasteiger partial charge in [0.25, 0.3) is 5.91 Å². The van der Waals surface area contributed by atoms with Crippen LogP contribution in [-0.2, 0) is 0 Å². The van der Waals surface area contributed by atoms with Gasteiger partial charge in [0.15, 0.2) is 11.5 Å². The summed E-state index contributed by atoms with van der Waals surface area (Å²) in [6.45, 7) is 10.5. The number of hydrogen-bond acceptors (Lipinski definition) is 5. The smallest absolute Gasteiger partial charge is 0.254 e. The number of carbonyl (C=O) groups is 1. The molecule has 2 unspecified atom stereocenters. The maximum atomic E-state index is 13.0. The van der Waals surface area contributed by atoms with E-state index in [2.05, 4.69) is 6.92 Å². The molecule has 0 aliphatic carbocycles. The molecule has 0 saturated carbocycles. The van der Waals surface area contributed by atoms with Gasteiger partial charge in [-0.05, 0) is 58.7 Å². The molecular formula is C19H31ClN2O4. The largest absolute Gasteiger partial charge is 0.490 e. The zero-order chi connectivity index (χ0) is 18.4. The van der Waals surface area contributed by atoms with E-state index in [1.165, 1.54) is 0 Å². The van der Waals surface area contributed by atoms with Gasteiger partial charge in [-0.25, -0.2) is 0 Å². The summed E-state index contributed by atoms with van der Waals surface area (Å²) in [5, 5.41) is 0. The highest BCUT2D eigenvalue weighted by Gasteiger charge is 2.33. The number of carbonyl (C=O) groups excluding carboxylic acids is 1. The lowest BCUT2D eigenvalue weighted by molar-refractivity contribution is 0.0742. The second kappa shape index (κ2) is 10.5. The van der Waals surface area contributed by atoms with E-state index in [-0.39, 0.29) is 24.4 Å². The zero-order valence-electron chi connectivity index (χ0n) is 16.1. The van der Waals surface area contributed by atoms with Crippen molar-refractivity contribution < 1.29 is 19.0 Å². The predicted octanol–water partition coefficient (Wildman–Crippen LogP) is 3.11. The van der Waals surface area contributed by atoms with Crippen LogP contribution < -0.4 is 19.9 Å². The number of rotatable bonds is 8. The van der Waals surface area contributed by atoms with Crippen molar-refractivity contribution in [2.24, 2.45) is 11.7 Å². The summed E-state index contributed by atoms with van der Waals surface area (Å²) in [6.07, 6.45) is 0.940. The fourth-order valence-electron chi connectivity index (χ4n) is 3.27. The number of nitrogens with two attached hydrogens (primary N) is 1. The maximum Gasteiger partial charge on any atom is 0.254 e. The summed E-state index contributed by atoms with van der Waals surface area (Å²) in [6, 6.07) is 3.68. The monoisotopic (exact) mass is 386 g/mol. The summed E-state index contributed by atoms with van der Waals surface area (Å²) >= 11 is 0. The second-order valence-corrected chi connectivity index (χ2v) is 6.24. The summed E-state index contributed by atoms with van der Waals surface area (Å²) in [4.78, 5) is 14.9. The van der Waals surface area contributed by atoms with Gasteiger partial charge in [-0.3, -0.25) is 4.79 Å². The summed E-state index contributed by atoms with van der Waals surface area (Å²) in [5.74, 6) is 1.98. The molecule has 1 aliphatic rings. The molecule has 7 heteroatoms. The van der Waals surface area contributed by atoms with E-state index in [1.807, 2.05) is 25.7 Å². The first-order chi connectivity index (χ1) is 12.0. The van der Waals surface area contributed by atoms with Crippen molar-refractivity contribution >= 4 is 18.3 Å². The highest BCUT2D eigenvalue weighted by Crippen LogP contribution is 2.40. The van der Waals surface area contributed by atoms with Crippen molar-refractivity contribution in [3.63, 3.8) is 0 Å². The molecule has 1 aromatic rings. The number of hydrogen-bond donors (Lipinski definition) is 1. The molecule has 2 rings (SSSR count). The molecule has 0 radical (unpaired) electrons. The van der Waals surface area contributed by atoms with Crippen LogP contribution in [0.4, 0.5) is 0 Å². The molecular weight excluding hydrogens is 356 g/mol. The molecule has 1 saturated heterocycles. The van der Waals surface area contributed by atoms with Gasteiger partial charge in [-0.1, -0.05) is 0 Å². The van der Waals surface area contributed by atoms with Crippen molar-refractivity contribution in [1.82, 2.24) is 4.90 Å². The molecule has 148 valence electrons. The van der Waals surface area contributed by atoms with Gasteiger partial charge in [-0.15, -0.1) is 12.4 Å². The minimum absolute atomic E-state index is 0. The molecule has 0 bridgehead atoms. The summed E-state index contributed by atoms with van der Waals surface area (Å²) < 4.78 is 17.1. The van der Waals surface area contributed by atoms with E-state index in [9.17, 15) is 4.79 Å². The third kappa shape index (κ3) is 4.95. The fourth-order valence-corrected chi connectivity index (χ4v) is 3.27. The Balaban J connectivity index is 0.00000338. The number of likely N-dealkylation sites (tertiary alicyclic amines) is 1. The molecule has 1 aliphatic heterocycles. The van der Waals surface area contributed by atoms with Gasteiger partial charge in [0.05, 0.1) is 19.8 Å². The standard InChI is InChI=1S/C19H30N2O4.ClH/c1-5-23-16-9-15(10-17(24-6-2)18(16)25-7-3)19(22)21-12-14(11-20)8-13(21)4;/h9-10,13-14H,5-8,11-12,20H2,1-4H3;1H. The number of nitrogens with zero attached hydrogens (tertiary/aromatic N) is 1. The fraction of sp³-hybridized carbons (Fsp3) is 0.632. The SMILES string of the molecule is CCOc1cc(C(=O)N2CC(CN)CC2C)cc(OCC)c1OCC.Cl.